The van der Waals surface area contributed by atoms with Crippen LogP contribution in [-0.2, 0) is 17.8 Å². The first-order chi connectivity index (χ1) is 13.2. The normalized spacial score (nSPS) is 17.2. The molecule has 1 atom stereocenters. The van der Waals surface area contributed by atoms with E-state index in [2.05, 4.69) is 22.2 Å². The Morgan fingerprint density at radius 3 is 2.96 bits per heavy atom. The van der Waals surface area contributed by atoms with Crippen LogP contribution in [0, 0.1) is 0 Å². The summed E-state index contributed by atoms with van der Waals surface area (Å²) in [7, 11) is 0. The van der Waals surface area contributed by atoms with Crippen molar-refractivity contribution in [3.8, 4) is 11.5 Å². The molecule has 2 aromatic heterocycles. The van der Waals surface area contributed by atoms with E-state index in [0.717, 1.165) is 18.1 Å². The standard InChI is InChI=1S/C19H22N6O2/c1-2-23-9-8-20-18(23)17-14-25(22-21-17)13-16-12-24(10-11-27-16)19(26)15-6-4-3-5-7-15/h3-9,14,16H,2,10-13H2,1H3. The highest BCUT2D eigenvalue weighted by Gasteiger charge is 2.25. The predicted octanol–water partition coefficient (Wildman–Crippen LogP) is 1.70. The molecule has 27 heavy (non-hydrogen) atoms. The molecule has 3 heterocycles. The number of nitrogens with zero attached hydrogens (tertiary/aromatic N) is 6. The molecule has 0 saturated carbocycles. The fourth-order valence-electron chi connectivity index (χ4n) is 3.27. The molecule has 0 bridgehead atoms. The average Bonchev–Trinajstić information content (AvgIpc) is 3.37. The van der Waals surface area contributed by atoms with E-state index in [1.165, 1.54) is 0 Å². The molecule has 0 spiro atoms. The fourth-order valence-corrected chi connectivity index (χ4v) is 3.27. The Morgan fingerprint density at radius 2 is 2.15 bits per heavy atom. The number of aromatic nitrogens is 5. The fraction of sp³-hybridized carbons (Fsp3) is 0.368. The van der Waals surface area contributed by atoms with E-state index in [1.54, 1.807) is 10.9 Å². The van der Waals surface area contributed by atoms with Crippen molar-refractivity contribution in [2.45, 2.75) is 26.1 Å². The molecule has 1 saturated heterocycles. The van der Waals surface area contributed by atoms with Gasteiger partial charge in [-0.1, -0.05) is 23.4 Å². The van der Waals surface area contributed by atoms with Crippen molar-refractivity contribution in [2.75, 3.05) is 19.7 Å². The van der Waals surface area contributed by atoms with Crippen LogP contribution in [0.25, 0.3) is 11.5 Å². The average molecular weight is 366 g/mol. The third-order valence-corrected chi connectivity index (χ3v) is 4.66. The summed E-state index contributed by atoms with van der Waals surface area (Å²) < 4.78 is 9.61. The van der Waals surface area contributed by atoms with E-state index in [-0.39, 0.29) is 12.0 Å². The lowest BCUT2D eigenvalue weighted by molar-refractivity contribution is -0.0301. The predicted molar refractivity (Wildman–Crippen MR) is 99.0 cm³/mol. The third kappa shape index (κ3) is 3.75. The van der Waals surface area contributed by atoms with Gasteiger partial charge in [0.15, 0.2) is 5.82 Å². The summed E-state index contributed by atoms with van der Waals surface area (Å²) in [5, 5.41) is 8.43. The second kappa shape index (κ2) is 7.71. The number of amides is 1. The van der Waals surface area contributed by atoms with Gasteiger partial charge in [0.2, 0.25) is 0 Å². The lowest BCUT2D eigenvalue weighted by Gasteiger charge is -2.32. The van der Waals surface area contributed by atoms with E-state index in [4.69, 9.17) is 4.74 Å². The molecule has 140 valence electrons. The summed E-state index contributed by atoms with van der Waals surface area (Å²) in [5.74, 6) is 0.836. The van der Waals surface area contributed by atoms with Crippen LogP contribution in [0.3, 0.4) is 0 Å². The number of aryl methyl sites for hydroxylation is 1. The first kappa shape index (κ1) is 17.4. The molecule has 0 N–H and O–H groups in total. The SMILES string of the molecule is CCn1ccnc1-c1cn(CC2CN(C(=O)c3ccccc3)CCO2)nn1. The number of hydrogen-bond acceptors (Lipinski definition) is 5. The molecule has 3 aromatic rings. The number of ether oxygens (including phenoxy) is 1. The molecule has 8 heteroatoms. The molecular formula is C19H22N6O2. The zero-order chi connectivity index (χ0) is 18.6. The van der Waals surface area contributed by atoms with Crippen LogP contribution < -0.4 is 0 Å². The van der Waals surface area contributed by atoms with Gasteiger partial charge in [-0.25, -0.2) is 9.67 Å². The minimum Gasteiger partial charge on any atom is -0.373 e. The number of carbonyl (C=O) groups excluding carboxylic acids is 1. The van der Waals surface area contributed by atoms with Gasteiger partial charge in [0.25, 0.3) is 5.91 Å². The van der Waals surface area contributed by atoms with Gasteiger partial charge in [-0.3, -0.25) is 4.79 Å². The Kier molecular flexibility index (Phi) is 4.97. The Morgan fingerprint density at radius 1 is 1.30 bits per heavy atom. The first-order valence-corrected chi connectivity index (χ1v) is 9.12. The molecule has 1 amide bonds. The molecular weight excluding hydrogens is 344 g/mol. The lowest BCUT2D eigenvalue weighted by Crippen LogP contribution is -2.47. The van der Waals surface area contributed by atoms with Crippen molar-refractivity contribution in [3.63, 3.8) is 0 Å². The van der Waals surface area contributed by atoms with E-state index >= 15 is 0 Å². The first-order valence-electron chi connectivity index (χ1n) is 9.12. The number of hydrogen-bond donors (Lipinski definition) is 0. The van der Waals surface area contributed by atoms with Crippen molar-refractivity contribution in [1.82, 2.24) is 29.4 Å². The van der Waals surface area contributed by atoms with Crippen molar-refractivity contribution >= 4 is 5.91 Å². The molecule has 0 radical (unpaired) electrons. The molecule has 1 aliphatic rings. The number of benzene rings is 1. The molecule has 0 aliphatic carbocycles. The maximum atomic E-state index is 12.7. The number of carbonyl (C=O) groups is 1. The van der Waals surface area contributed by atoms with Crippen LogP contribution in [-0.4, -0.2) is 61.2 Å². The summed E-state index contributed by atoms with van der Waals surface area (Å²) in [4.78, 5) is 18.8. The molecule has 8 nitrogen and oxygen atoms in total. The zero-order valence-electron chi connectivity index (χ0n) is 15.2. The van der Waals surface area contributed by atoms with Crippen LogP contribution in [0.5, 0.6) is 0 Å². The number of morpholine rings is 1. The Bertz CT molecular complexity index is 904. The summed E-state index contributed by atoms with van der Waals surface area (Å²) in [6.07, 6.45) is 5.43. The molecule has 1 fully saturated rings. The number of rotatable bonds is 5. The van der Waals surface area contributed by atoms with E-state index < -0.39 is 0 Å². The van der Waals surface area contributed by atoms with Crippen molar-refractivity contribution in [2.24, 2.45) is 0 Å². The van der Waals surface area contributed by atoms with E-state index in [9.17, 15) is 4.79 Å². The minimum absolute atomic E-state index is 0.0353. The Balaban J connectivity index is 1.42. The van der Waals surface area contributed by atoms with E-state index in [1.807, 2.05) is 52.2 Å². The highest BCUT2D eigenvalue weighted by Crippen LogP contribution is 2.16. The van der Waals surface area contributed by atoms with Crippen molar-refractivity contribution in [1.29, 1.82) is 0 Å². The maximum Gasteiger partial charge on any atom is 0.254 e. The highest BCUT2D eigenvalue weighted by atomic mass is 16.5. The van der Waals surface area contributed by atoms with Crippen molar-refractivity contribution < 1.29 is 9.53 Å². The summed E-state index contributed by atoms with van der Waals surface area (Å²) >= 11 is 0. The zero-order valence-corrected chi connectivity index (χ0v) is 15.2. The quantitative estimate of drug-likeness (QED) is 0.687. The number of imidazole rings is 1. The van der Waals surface area contributed by atoms with Crippen LogP contribution in [0.15, 0.2) is 48.9 Å². The van der Waals surface area contributed by atoms with Gasteiger partial charge in [-0.05, 0) is 19.1 Å². The van der Waals surface area contributed by atoms with E-state index in [0.29, 0.717) is 31.8 Å². The molecule has 1 aliphatic heterocycles. The van der Waals surface area contributed by atoms with Gasteiger partial charge >= 0.3 is 0 Å². The Hall–Kier alpha value is -3.00. The van der Waals surface area contributed by atoms with Gasteiger partial charge < -0.3 is 14.2 Å². The minimum atomic E-state index is -0.119. The smallest absolute Gasteiger partial charge is 0.254 e. The van der Waals surface area contributed by atoms with Crippen LogP contribution >= 0.6 is 0 Å². The molecule has 1 unspecified atom stereocenters. The topological polar surface area (TPSA) is 78.1 Å². The summed E-state index contributed by atoms with van der Waals surface area (Å²) in [6.45, 7) is 5.07. The van der Waals surface area contributed by atoms with Crippen molar-refractivity contribution in [3.05, 3.63) is 54.5 Å². The van der Waals surface area contributed by atoms with Crippen LogP contribution in [0.2, 0.25) is 0 Å². The van der Waals surface area contributed by atoms with Gasteiger partial charge in [0.05, 0.1) is 25.5 Å². The van der Waals surface area contributed by atoms with Gasteiger partial charge in [-0.2, -0.15) is 0 Å². The van der Waals surface area contributed by atoms with Gasteiger partial charge in [-0.15, -0.1) is 5.10 Å². The second-order valence-electron chi connectivity index (χ2n) is 6.47. The van der Waals surface area contributed by atoms with Crippen LogP contribution in [0.1, 0.15) is 17.3 Å². The lowest BCUT2D eigenvalue weighted by atomic mass is 10.1. The Labute approximate surface area is 157 Å². The molecule has 1 aromatic carbocycles. The summed E-state index contributed by atoms with van der Waals surface area (Å²) in [6, 6.07) is 9.34. The maximum absolute atomic E-state index is 12.7. The van der Waals surface area contributed by atoms with Crippen LogP contribution in [0.4, 0.5) is 0 Å². The van der Waals surface area contributed by atoms with Gasteiger partial charge in [0, 0.05) is 37.6 Å². The third-order valence-electron chi connectivity index (χ3n) is 4.66. The second-order valence-corrected chi connectivity index (χ2v) is 6.47. The largest absolute Gasteiger partial charge is 0.373 e. The highest BCUT2D eigenvalue weighted by molar-refractivity contribution is 5.94. The van der Waals surface area contributed by atoms with Gasteiger partial charge in [0.1, 0.15) is 5.69 Å². The monoisotopic (exact) mass is 366 g/mol. The summed E-state index contributed by atoms with van der Waals surface area (Å²) in [5.41, 5.74) is 1.43. The molecule has 4 rings (SSSR count).